The van der Waals surface area contributed by atoms with E-state index in [0.29, 0.717) is 0 Å². The third kappa shape index (κ3) is 2.93. The molecular weight excluding hydrogens is 344 g/mol. The molecule has 4 aromatic rings. The Kier molecular flexibility index (Phi) is 4.34. The van der Waals surface area contributed by atoms with Gasteiger partial charge in [0.2, 0.25) is 0 Å². The molecule has 5 nitrogen and oxygen atoms in total. The molecule has 1 aromatic carbocycles. The van der Waals surface area contributed by atoms with Gasteiger partial charge >= 0.3 is 0 Å². The van der Waals surface area contributed by atoms with Crippen LogP contribution in [-0.4, -0.2) is 21.7 Å². The maximum absolute atomic E-state index is 5.55. The van der Waals surface area contributed by atoms with E-state index in [1.165, 1.54) is 4.88 Å². The number of nitrogens with one attached hydrogen (secondary N) is 1. The van der Waals surface area contributed by atoms with E-state index >= 15 is 0 Å². The number of methoxy groups -OCH3 is 1. The molecule has 0 radical (unpaired) electrons. The fourth-order valence-corrected chi connectivity index (χ4v) is 3.77. The van der Waals surface area contributed by atoms with Crippen molar-refractivity contribution in [2.75, 3.05) is 12.4 Å². The molecule has 0 bridgehead atoms. The Balaban J connectivity index is 1.84. The van der Waals surface area contributed by atoms with E-state index in [4.69, 9.17) is 14.8 Å². The maximum Gasteiger partial charge on any atom is 0.165 e. The molecule has 4 rings (SSSR count). The number of rotatable bonds is 5. The van der Waals surface area contributed by atoms with Gasteiger partial charge in [-0.25, -0.2) is 4.98 Å². The van der Waals surface area contributed by atoms with E-state index in [2.05, 4.69) is 22.8 Å². The van der Waals surface area contributed by atoms with Crippen molar-refractivity contribution in [1.82, 2.24) is 14.6 Å². The number of hydrogen-bond acceptors (Lipinski definition) is 5. The molecule has 0 aliphatic heterocycles. The zero-order valence-electron chi connectivity index (χ0n) is 15.0. The highest BCUT2D eigenvalue weighted by molar-refractivity contribution is 7.09. The number of hydrogen-bond donors (Lipinski definition) is 1. The summed E-state index contributed by atoms with van der Waals surface area (Å²) >= 11 is 1.74. The first kappa shape index (κ1) is 16.6. The van der Waals surface area contributed by atoms with Crippen molar-refractivity contribution in [3.8, 4) is 16.9 Å². The van der Waals surface area contributed by atoms with Crippen LogP contribution in [-0.2, 0) is 6.54 Å². The SMILES string of the molecule is COc1ccccc1-c1c(C)nn2c(NCc3cccs3)cc(C)nc12. The molecular formula is C20H20N4OS. The largest absolute Gasteiger partial charge is 0.496 e. The maximum atomic E-state index is 5.55. The molecule has 3 aromatic heterocycles. The highest BCUT2D eigenvalue weighted by atomic mass is 32.1. The Labute approximate surface area is 156 Å². The monoisotopic (exact) mass is 364 g/mol. The van der Waals surface area contributed by atoms with E-state index in [0.717, 1.165) is 46.3 Å². The topological polar surface area (TPSA) is 51.5 Å². The number of nitrogens with zero attached hydrogens (tertiary/aromatic N) is 3. The molecule has 0 unspecified atom stereocenters. The minimum Gasteiger partial charge on any atom is -0.496 e. The summed E-state index contributed by atoms with van der Waals surface area (Å²) in [6.07, 6.45) is 0. The van der Waals surface area contributed by atoms with Gasteiger partial charge in [0, 0.05) is 22.2 Å². The van der Waals surface area contributed by atoms with Gasteiger partial charge in [-0.15, -0.1) is 11.3 Å². The van der Waals surface area contributed by atoms with Crippen LogP contribution in [0.4, 0.5) is 5.82 Å². The van der Waals surface area contributed by atoms with E-state index in [1.54, 1.807) is 18.4 Å². The van der Waals surface area contributed by atoms with Crippen LogP contribution in [0.1, 0.15) is 16.3 Å². The smallest absolute Gasteiger partial charge is 0.165 e. The Morgan fingerprint density at radius 2 is 2.00 bits per heavy atom. The van der Waals surface area contributed by atoms with Crippen molar-refractivity contribution in [3.05, 3.63) is 64.1 Å². The summed E-state index contributed by atoms with van der Waals surface area (Å²) in [5.41, 5.74) is 4.71. The first-order valence-electron chi connectivity index (χ1n) is 8.44. The lowest BCUT2D eigenvalue weighted by Crippen LogP contribution is -2.06. The number of aromatic nitrogens is 3. The third-order valence-corrected chi connectivity index (χ3v) is 5.17. The number of para-hydroxylation sites is 1. The molecule has 0 amide bonds. The zero-order chi connectivity index (χ0) is 18.1. The van der Waals surface area contributed by atoms with Crippen LogP contribution in [0.5, 0.6) is 5.75 Å². The summed E-state index contributed by atoms with van der Waals surface area (Å²) in [6, 6.07) is 14.2. The summed E-state index contributed by atoms with van der Waals surface area (Å²) in [4.78, 5) is 6.04. The van der Waals surface area contributed by atoms with E-state index in [1.807, 2.05) is 48.7 Å². The third-order valence-electron chi connectivity index (χ3n) is 4.29. The molecule has 0 saturated heterocycles. The van der Waals surface area contributed by atoms with Gasteiger partial charge in [-0.3, -0.25) is 0 Å². The second-order valence-corrected chi connectivity index (χ2v) is 7.14. The Morgan fingerprint density at radius 1 is 1.15 bits per heavy atom. The van der Waals surface area contributed by atoms with Crippen LogP contribution in [0.3, 0.4) is 0 Å². The number of anilines is 1. The lowest BCUT2D eigenvalue weighted by molar-refractivity contribution is 0.416. The molecule has 26 heavy (non-hydrogen) atoms. The van der Waals surface area contributed by atoms with Gasteiger partial charge in [-0.1, -0.05) is 24.3 Å². The molecule has 6 heteroatoms. The fraction of sp³-hybridized carbons (Fsp3) is 0.200. The standard InChI is InChI=1S/C20H20N4OS/c1-13-11-18(21-12-15-7-6-10-26-15)24-20(22-13)19(14(2)23-24)16-8-4-5-9-17(16)25-3/h4-11,21H,12H2,1-3H3. The lowest BCUT2D eigenvalue weighted by Gasteiger charge is -2.10. The van der Waals surface area contributed by atoms with Crippen molar-refractivity contribution in [2.24, 2.45) is 0 Å². The van der Waals surface area contributed by atoms with E-state index < -0.39 is 0 Å². The molecule has 0 aliphatic rings. The number of benzene rings is 1. The van der Waals surface area contributed by atoms with Gasteiger partial charge in [0.25, 0.3) is 0 Å². The number of ether oxygens (including phenoxy) is 1. The molecule has 0 atom stereocenters. The summed E-state index contributed by atoms with van der Waals surface area (Å²) in [5.74, 6) is 1.76. The molecule has 0 fully saturated rings. The van der Waals surface area contributed by atoms with E-state index in [9.17, 15) is 0 Å². The van der Waals surface area contributed by atoms with Gasteiger partial charge < -0.3 is 10.1 Å². The fourth-order valence-electron chi connectivity index (χ4n) is 3.13. The minimum atomic E-state index is 0.763. The first-order chi connectivity index (χ1) is 12.7. The molecule has 3 heterocycles. The van der Waals surface area contributed by atoms with Gasteiger partial charge in [0.05, 0.1) is 24.9 Å². The van der Waals surface area contributed by atoms with Crippen LogP contribution in [0.2, 0.25) is 0 Å². The number of thiophene rings is 1. The summed E-state index contributed by atoms with van der Waals surface area (Å²) in [6.45, 7) is 4.78. The lowest BCUT2D eigenvalue weighted by atomic mass is 10.1. The quantitative estimate of drug-likeness (QED) is 0.558. The van der Waals surface area contributed by atoms with Crippen LogP contribution in [0.15, 0.2) is 47.8 Å². The highest BCUT2D eigenvalue weighted by Crippen LogP contribution is 2.35. The molecule has 0 saturated carbocycles. The highest BCUT2D eigenvalue weighted by Gasteiger charge is 2.18. The van der Waals surface area contributed by atoms with Crippen molar-refractivity contribution in [2.45, 2.75) is 20.4 Å². The van der Waals surface area contributed by atoms with Gasteiger partial charge in [0.1, 0.15) is 11.6 Å². The van der Waals surface area contributed by atoms with Gasteiger partial charge in [-0.05, 0) is 31.4 Å². The van der Waals surface area contributed by atoms with Crippen LogP contribution < -0.4 is 10.1 Å². The molecule has 0 spiro atoms. The second-order valence-electron chi connectivity index (χ2n) is 6.11. The minimum absolute atomic E-state index is 0.763. The number of fused-ring (bicyclic) bond motifs is 1. The Hall–Kier alpha value is -2.86. The summed E-state index contributed by atoms with van der Waals surface area (Å²) in [5, 5.41) is 10.3. The van der Waals surface area contributed by atoms with Crippen molar-refractivity contribution in [1.29, 1.82) is 0 Å². The van der Waals surface area contributed by atoms with E-state index in [-0.39, 0.29) is 0 Å². The predicted molar refractivity (Wildman–Crippen MR) is 106 cm³/mol. The number of aryl methyl sites for hydroxylation is 2. The summed E-state index contributed by atoms with van der Waals surface area (Å²) in [7, 11) is 1.69. The summed E-state index contributed by atoms with van der Waals surface area (Å²) < 4.78 is 7.44. The van der Waals surface area contributed by atoms with Crippen molar-refractivity contribution >= 4 is 22.8 Å². The average Bonchev–Trinajstić information content (AvgIpc) is 3.27. The van der Waals surface area contributed by atoms with Crippen LogP contribution >= 0.6 is 11.3 Å². The average molecular weight is 364 g/mol. The molecule has 0 aliphatic carbocycles. The molecule has 132 valence electrons. The van der Waals surface area contributed by atoms with Crippen molar-refractivity contribution in [3.63, 3.8) is 0 Å². The Morgan fingerprint density at radius 3 is 2.77 bits per heavy atom. The normalized spacial score (nSPS) is 11.0. The van der Waals surface area contributed by atoms with Gasteiger partial charge in [0.15, 0.2) is 5.65 Å². The molecule has 1 N–H and O–H groups in total. The van der Waals surface area contributed by atoms with Crippen molar-refractivity contribution < 1.29 is 4.74 Å². The zero-order valence-corrected chi connectivity index (χ0v) is 15.8. The predicted octanol–water partition coefficient (Wildman–Crippen LogP) is 4.70. The van der Waals surface area contributed by atoms with Crippen LogP contribution in [0, 0.1) is 13.8 Å². The first-order valence-corrected chi connectivity index (χ1v) is 9.32. The second kappa shape index (κ2) is 6.80. The van der Waals surface area contributed by atoms with Crippen LogP contribution in [0.25, 0.3) is 16.8 Å². The van der Waals surface area contributed by atoms with Gasteiger partial charge in [-0.2, -0.15) is 9.61 Å². The Bertz CT molecular complexity index is 1050.